The van der Waals surface area contributed by atoms with Gasteiger partial charge in [0.25, 0.3) is 0 Å². The van der Waals surface area contributed by atoms with E-state index in [2.05, 4.69) is 18.9 Å². The Kier molecular flexibility index (Phi) is 4.99. The normalized spacial score (nSPS) is 12.4. The van der Waals surface area contributed by atoms with Crippen molar-refractivity contribution < 1.29 is 17.9 Å². The van der Waals surface area contributed by atoms with Crippen LogP contribution in [0.25, 0.3) is 0 Å². The Balaban J connectivity index is 2.26. The van der Waals surface area contributed by atoms with E-state index in [1.165, 1.54) is 10.9 Å². The SMILES string of the molecule is CC(C)CCOCCn1ccc(C(F)(F)F)n1. The molecular formula is C11H17F3N2O. The third kappa shape index (κ3) is 5.21. The minimum Gasteiger partial charge on any atom is -0.380 e. The first-order valence-electron chi connectivity index (χ1n) is 5.58. The Morgan fingerprint density at radius 2 is 2.06 bits per heavy atom. The van der Waals surface area contributed by atoms with Crippen LogP contribution in [0.1, 0.15) is 26.0 Å². The Morgan fingerprint density at radius 1 is 1.35 bits per heavy atom. The highest BCUT2D eigenvalue weighted by Crippen LogP contribution is 2.27. The summed E-state index contributed by atoms with van der Waals surface area (Å²) in [7, 11) is 0. The first kappa shape index (κ1) is 14.0. The molecule has 0 bridgehead atoms. The second-order valence-corrected chi connectivity index (χ2v) is 4.26. The van der Waals surface area contributed by atoms with Gasteiger partial charge in [0.15, 0.2) is 5.69 Å². The van der Waals surface area contributed by atoms with Crippen molar-refractivity contribution in [1.29, 1.82) is 0 Å². The van der Waals surface area contributed by atoms with Crippen LogP contribution in [0.3, 0.4) is 0 Å². The third-order valence-corrected chi connectivity index (χ3v) is 2.24. The molecule has 0 aromatic carbocycles. The van der Waals surface area contributed by atoms with Crippen molar-refractivity contribution in [1.82, 2.24) is 9.78 Å². The molecule has 0 aliphatic heterocycles. The van der Waals surface area contributed by atoms with Crippen LogP contribution in [-0.2, 0) is 17.5 Å². The summed E-state index contributed by atoms with van der Waals surface area (Å²) in [6, 6.07) is 0.966. The summed E-state index contributed by atoms with van der Waals surface area (Å²) in [6.45, 7) is 5.53. The number of alkyl halides is 3. The van der Waals surface area contributed by atoms with E-state index in [1.807, 2.05) is 0 Å². The Bertz CT molecular complexity index is 334. The van der Waals surface area contributed by atoms with Gasteiger partial charge in [-0.1, -0.05) is 13.8 Å². The highest BCUT2D eigenvalue weighted by atomic mass is 19.4. The first-order valence-corrected chi connectivity index (χ1v) is 5.58. The van der Waals surface area contributed by atoms with Gasteiger partial charge in [0.2, 0.25) is 0 Å². The molecule has 1 rings (SSSR count). The van der Waals surface area contributed by atoms with Crippen LogP contribution in [0, 0.1) is 5.92 Å². The fourth-order valence-corrected chi connectivity index (χ4v) is 1.22. The Hall–Kier alpha value is -1.04. The number of hydrogen-bond acceptors (Lipinski definition) is 2. The maximum absolute atomic E-state index is 12.2. The summed E-state index contributed by atoms with van der Waals surface area (Å²) in [5, 5.41) is 3.43. The second-order valence-electron chi connectivity index (χ2n) is 4.26. The van der Waals surface area contributed by atoms with Gasteiger partial charge in [-0.3, -0.25) is 4.68 Å². The summed E-state index contributed by atoms with van der Waals surface area (Å²) in [5.41, 5.74) is -0.861. The van der Waals surface area contributed by atoms with Crippen molar-refractivity contribution in [2.75, 3.05) is 13.2 Å². The zero-order chi connectivity index (χ0) is 12.9. The van der Waals surface area contributed by atoms with Crippen LogP contribution in [-0.4, -0.2) is 23.0 Å². The minimum atomic E-state index is -4.37. The van der Waals surface area contributed by atoms with Crippen molar-refractivity contribution in [3.63, 3.8) is 0 Å². The summed E-state index contributed by atoms with van der Waals surface area (Å²) in [5.74, 6) is 0.566. The largest absolute Gasteiger partial charge is 0.435 e. The minimum absolute atomic E-state index is 0.341. The zero-order valence-corrected chi connectivity index (χ0v) is 10.00. The summed E-state index contributed by atoms with van der Waals surface area (Å²) >= 11 is 0. The van der Waals surface area contributed by atoms with Gasteiger partial charge < -0.3 is 4.74 Å². The molecule has 0 aliphatic carbocycles. The van der Waals surface area contributed by atoms with E-state index in [0.717, 1.165) is 12.5 Å². The number of aromatic nitrogens is 2. The summed E-state index contributed by atoms with van der Waals surface area (Å²) in [6.07, 6.45) is -2.11. The molecule has 6 heteroatoms. The van der Waals surface area contributed by atoms with Crippen molar-refractivity contribution in [3.8, 4) is 0 Å². The van der Waals surface area contributed by atoms with Crippen LogP contribution >= 0.6 is 0 Å². The molecule has 0 amide bonds. The average molecular weight is 250 g/mol. The highest BCUT2D eigenvalue weighted by molar-refractivity contribution is 5.03. The average Bonchev–Trinajstić information content (AvgIpc) is 2.64. The molecule has 1 heterocycles. The lowest BCUT2D eigenvalue weighted by Crippen LogP contribution is -2.11. The molecule has 98 valence electrons. The molecule has 0 aliphatic rings. The van der Waals surface area contributed by atoms with Crippen molar-refractivity contribution in [3.05, 3.63) is 18.0 Å². The molecule has 0 saturated heterocycles. The van der Waals surface area contributed by atoms with E-state index < -0.39 is 11.9 Å². The second kappa shape index (κ2) is 6.05. The fourth-order valence-electron chi connectivity index (χ4n) is 1.22. The smallest absolute Gasteiger partial charge is 0.380 e. The van der Waals surface area contributed by atoms with Crippen LogP contribution in [0.5, 0.6) is 0 Å². The molecule has 0 N–H and O–H groups in total. The quantitative estimate of drug-likeness (QED) is 0.726. The predicted molar refractivity (Wildman–Crippen MR) is 57.5 cm³/mol. The van der Waals surface area contributed by atoms with Crippen molar-refractivity contribution >= 4 is 0 Å². The predicted octanol–water partition coefficient (Wildman–Crippen LogP) is 2.96. The molecule has 0 unspecified atom stereocenters. The van der Waals surface area contributed by atoms with Gasteiger partial charge in [0.1, 0.15) is 0 Å². The number of hydrogen-bond donors (Lipinski definition) is 0. The van der Waals surface area contributed by atoms with Crippen molar-refractivity contribution in [2.24, 2.45) is 5.92 Å². The van der Waals surface area contributed by atoms with Gasteiger partial charge in [0, 0.05) is 12.8 Å². The number of halogens is 3. The standard InChI is InChI=1S/C11H17F3N2O/c1-9(2)4-7-17-8-6-16-5-3-10(15-16)11(12,13)14/h3,5,9H,4,6-8H2,1-2H3. The van der Waals surface area contributed by atoms with E-state index in [1.54, 1.807) is 0 Å². The molecule has 1 aromatic rings. The molecule has 0 spiro atoms. The molecule has 0 radical (unpaired) electrons. The van der Waals surface area contributed by atoms with E-state index >= 15 is 0 Å². The molecule has 0 fully saturated rings. The van der Waals surface area contributed by atoms with Gasteiger partial charge >= 0.3 is 6.18 Å². The highest BCUT2D eigenvalue weighted by Gasteiger charge is 2.33. The van der Waals surface area contributed by atoms with Crippen LogP contribution < -0.4 is 0 Å². The maximum atomic E-state index is 12.2. The van der Waals surface area contributed by atoms with Crippen LogP contribution in [0.2, 0.25) is 0 Å². The topological polar surface area (TPSA) is 27.1 Å². The number of rotatable bonds is 6. The third-order valence-electron chi connectivity index (χ3n) is 2.24. The van der Waals surface area contributed by atoms with E-state index in [-0.39, 0.29) is 0 Å². The maximum Gasteiger partial charge on any atom is 0.435 e. The Labute approximate surface area is 98.6 Å². The molecule has 17 heavy (non-hydrogen) atoms. The van der Waals surface area contributed by atoms with Gasteiger partial charge in [-0.15, -0.1) is 0 Å². The summed E-state index contributed by atoms with van der Waals surface area (Å²) < 4.78 is 43.2. The van der Waals surface area contributed by atoms with Gasteiger partial charge in [-0.2, -0.15) is 18.3 Å². The van der Waals surface area contributed by atoms with Gasteiger partial charge in [-0.05, 0) is 18.4 Å². The molecule has 3 nitrogen and oxygen atoms in total. The molecule has 1 aromatic heterocycles. The van der Waals surface area contributed by atoms with Crippen LogP contribution in [0.4, 0.5) is 13.2 Å². The van der Waals surface area contributed by atoms with E-state index in [4.69, 9.17) is 4.74 Å². The molecule has 0 atom stereocenters. The lowest BCUT2D eigenvalue weighted by molar-refractivity contribution is -0.141. The van der Waals surface area contributed by atoms with Gasteiger partial charge in [-0.25, -0.2) is 0 Å². The lowest BCUT2D eigenvalue weighted by Gasteiger charge is -2.06. The number of ether oxygens (including phenoxy) is 1. The van der Waals surface area contributed by atoms with E-state index in [0.29, 0.717) is 25.7 Å². The van der Waals surface area contributed by atoms with E-state index in [9.17, 15) is 13.2 Å². The lowest BCUT2D eigenvalue weighted by atomic mass is 10.1. The first-order chi connectivity index (χ1) is 7.89. The number of nitrogens with zero attached hydrogens (tertiary/aromatic N) is 2. The summed E-state index contributed by atoms with van der Waals surface area (Å²) in [4.78, 5) is 0. The fraction of sp³-hybridized carbons (Fsp3) is 0.727. The van der Waals surface area contributed by atoms with Crippen LogP contribution in [0.15, 0.2) is 12.3 Å². The molecular weight excluding hydrogens is 233 g/mol. The molecule has 0 saturated carbocycles. The van der Waals surface area contributed by atoms with Gasteiger partial charge in [0.05, 0.1) is 13.2 Å². The van der Waals surface area contributed by atoms with Crippen molar-refractivity contribution in [2.45, 2.75) is 33.0 Å². The zero-order valence-electron chi connectivity index (χ0n) is 10.00. The monoisotopic (exact) mass is 250 g/mol. The Morgan fingerprint density at radius 3 is 2.59 bits per heavy atom.